The molecule has 0 fully saturated rings. The molecule has 1 aromatic heterocycles. The lowest BCUT2D eigenvalue weighted by Gasteiger charge is -2.09. The van der Waals surface area contributed by atoms with Gasteiger partial charge < -0.3 is 15.8 Å². The number of carbonyl (C=O) groups excluding carboxylic acids is 1. The molecule has 0 aliphatic heterocycles. The molecule has 4 N–H and O–H groups in total. The van der Waals surface area contributed by atoms with Crippen molar-refractivity contribution >= 4 is 17.3 Å². The van der Waals surface area contributed by atoms with Crippen LogP contribution in [0.15, 0.2) is 24.4 Å². The van der Waals surface area contributed by atoms with Crippen LogP contribution in [0.4, 0.5) is 11.4 Å². The quantitative estimate of drug-likeness (QED) is 0.766. The summed E-state index contributed by atoms with van der Waals surface area (Å²) in [5.74, 6) is 0.421. The SMILES string of the molecule is COc1ccc(NC(=O)c2[nH]ncc2N)c(C)c1. The topological polar surface area (TPSA) is 93.0 Å². The standard InChI is InChI=1S/C12H14N4O2/c1-7-5-8(18-2)3-4-10(7)15-12(17)11-9(13)6-14-16-11/h3-6H,13H2,1-2H3,(H,14,16)(H,15,17). The first-order valence-electron chi connectivity index (χ1n) is 5.36. The van der Waals surface area contributed by atoms with Gasteiger partial charge in [0, 0.05) is 5.69 Å². The third kappa shape index (κ3) is 2.27. The van der Waals surface area contributed by atoms with Crippen LogP contribution in [-0.4, -0.2) is 23.2 Å². The summed E-state index contributed by atoms with van der Waals surface area (Å²) in [5.41, 5.74) is 7.78. The molecule has 94 valence electrons. The van der Waals surface area contributed by atoms with E-state index in [2.05, 4.69) is 15.5 Å². The molecule has 6 nitrogen and oxygen atoms in total. The molecule has 0 saturated carbocycles. The van der Waals surface area contributed by atoms with Crippen LogP contribution < -0.4 is 15.8 Å². The summed E-state index contributed by atoms with van der Waals surface area (Å²) < 4.78 is 5.10. The maximum atomic E-state index is 11.9. The number of ether oxygens (including phenoxy) is 1. The lowest BCUT2D eigenvalue weighted by molar-refractivity contribution is 0.102. The fourth-order valence-electron chi connectivity index (χ4n) is 1.57. The van der Waals surface area contributed by atoms with Gasteiger partial charge in [-0.1, -0.05) is 0 Å². The molecule has 0 radical (unpaired) electrons. The van der Waals surface area contributed by atoms with Crippen molar-refractivity contribution in [2.75, 3.05) is 18.2 Å². The van der Waals surface area contributed by atoms with E-state index in [1.165, 1.54) is 6.20 Å². The van der Waals surface area contributed by atoms with E-state index in [-0.39, 0.29) is 11.6 Å². The Balaban J connectivity index is 2.20. The van der Waals surface area contributed by atoms with E-state index >= 15 is 0 Å². The van der Waals surface area contributed by atoms with Gasteiger partial charge in [-0.3, -0.25) is 9.89 Å². The zero-order chi connectivity index (χ0) is 13.1. The molecule has 0 atom stereocenters. The highest BCUT2D eigenvalue weighted by atomic mass is 16.5. The molecule has 0 saturated heterocycles. The maximum Gasteiger partial charge on any atom is 0.275 e. The second-order valence-electron chi connectivity index (χ2n) is 3.84. The van der Waals surface area contributed by atoms with Gasteiger partial charge in [0.1, 0.15) is 11.4 Å². The van der Waals surface area contributed by atoms with Gasteiger partial charge in [-0.15, -0.1) is 0 Å². The largest absolute Gasteiger partial charge is 0.497 e. The summed E-state index contributed by atoms with van der Waals surface area (Å²) in [6, 6.07) is 5.39. The minimum atomic E-state index is -0.321. The van der Waals surface area contributed by atoms with Crippen LogP contribution in [0.3, 0.4) is 0 Å². The van der Waals surface area contributed by atoms with E-state index < -0.39 is 0 Å². The Morgan fingerprint density at radius 2 is 2.28 bits per heavy atom. The molecule has 18 heavy (non-hydrogen) atoms. The van der Waals surface area contributed by atoms with Crippen molar-refractivity contribution in [3.05, 3.63) is 35.7 Å². The van der Waals surface area contributed by atoms with E-state index in [0.717, 1.165) is 11.3 Å². The van der Waals surface area contributed by atoms with Crippen LogP contribution in [0, 0.1) is 6.92 Å². The predicted molar refractivity (Wildman–Crippen MR) is 68.7 cm³/mol. The fourth-order valence-corrected chi connectivity index (χ4v) is 1.57. The fraction of sp³-hybridized carbons (Fsp3) is 0.167. The molecule has 2 rings (SSSR count). The summed E-state index contributed by atoms with van der Waals surface area (Å²) in [4.78, 5) is 11.9. The summed E-state index contributed by atoms with van der Waals surface area (Å²) in [6.07, 6.45) is 1.40. The van der Waals surface area contributed by atoms with Crippen LogP contribution in [0.1, 0.15) is 16.1 Å². The number of aromatic nitrogens is 2. The van der Waals surface area contributed by atoms with E-state index in [9.17, 15) is 4.79 Å². The lowest BCUT2D eigenvalue weighted by Crippen LogP contribution is -2.14. The first kappa shape index (κ1) is 12.0. The molecule has 0 unspecified atom stereocenters. The van der Waals surface area contributed by atoms with Crippen LogP contribution in [0.25, 0.3) is 0 Å². The number of benzene rings is 1. The van der Waals surface area contributed by atoms with E-state index in [4.69, 9.17) is 10.5 Å². The number of methoxy groups -OCH3 is 1. The number of H-pyrrole nitrogens is 1. The van der Waals surface area contributed by atoms with E-state index in [0.29, 0.717) is 11.4 Å². The summed E-state index contributed by atoms with van der Waals surface area (Å²) in [7, 11) is 1.60. The van der Waals surface area contributed by atoms with Gasteiger partial charge in [0.2, 0.25) is 0 Å². The van der Waals surface area contributed by atoms with Crippen molar-refractivity contribution in [1.82, 2.24) is 10.2 Å². The zero-order valence-corrected chi connectivity index (χ0v) is 10.2. The number of anilines is 2. The summed E-state index contributed by atoms with van der Waals surface area (Å²) >= 11 is 0. The number of hydrogen-bond acceptors (Lipinski definition) is 4. The molecule has 0 spiro atoms. The average molecular weight is 246 g/mol. The zero-order valence-electron chi connectivity index (χ0n) is 10.2. The Hall–Kier alpha value is -2.50. The normalized spacial score (nSPS) is 10.1. The summed E-state index contributed by atoms with van der Waals surface area (Å²) in [6.45, 7) is 1.88. The second-order valence-corrected chi connectivity index (χ2v) is 3.84. The maximum absolute atomic E-state index is 11.9. The molecule has 0 bridgehead atoms. The predicted octanol–water partition coefficient (Wildman–Crippen LogP) is 1.56. The van der Waals surface area contributed by atoms with Crippen molar-refractivity contribution in [3.8, 4) is 5.75 Å². The molecule has 1 heterocycles. The van der Waals surface area contributed by atoms with Gasteiger partial charge in [-0.25, -0.2) is 0 Å². The number of hydrogen-bond donors (Lipinski definition) is 3. The van der Waals surface area contributed by atoms with Gasteiger partial charge >= 0.3 is 0 Å². The number of aromatic amines is 1. The molecule has 1 aromatic carbocycles. The van der Waals surface area contributed by atoms with Gasteiger partial charge in [-0.05, 0) is 30.7 Å². The van der Waals surface area contributed by atoms with Gasteiger partial charge in [-0.2, -0.15) is 5.10 Å². The molecule has 2 aromatic rings. The number of aryl methyl sites for hydroxylation is 1. The van der Waals surface area contributed by atoms with E-state index in [1.54, 1.807) is 19.2 Å². The highest BCUT2D eigenvalue weighted by molar-refractivity contribution is 6.06. The molecule has 1 amide bonds. The van der Waals surface area contributed by atoms with Crippen LogP contribution in [0.5, 0.6) is 5.75 Å². The van der Waals surface area contributed by atoms with Crippen molar-refractivity contribution in [1.29, 1.82) is 0 Å². The highest BCUT2D eigenvalue weighted by Gasteiger charge is 2.12. The first-order chi connectivity index (χ1) is 8.61. The number of nitrogen functional groups attached to an aromatic ring is 1. The first-order valence-corrected chi connectivity index (χ1v) is 5.36. The second kappa shape index (κ2) is 4.79. The minimum absolute atomic E-state index is 0.255. The number of nitrogens with zero attached hydrogens (tertiary/aromatic N) is 1. The third-order valence-corrected chi connectivity index (χ3v) is 2.58. The Kier molecular flexibility index (Phi) is 3.18. The van der Waals surface area contributed by atoms with Crippen LogP contribution in [-0.2, 0) is 0 Å². The molecule has 0 aliphatic carbocycles. The Bertz CT molecular complexity index is 577. The van der Waals surface area contributed by atoms with Crippen molar-refractivity contribution in [3.63, 3.8) is 0 Å². The van der Waals surface area contributed by atoms with E-state index in [1.807, 2.05) is 13.0 Å². The number of carbonyl (C=O) groups is 1. The monoisotopic (exact) mass is 246 g/mol. The summed E-state index contributed by atoms with van der Waals surface area (Å²) in [5, 5.41) is 9.02. The third-order valence-electron chi connectivity index (χ3n) is 2.58. The van der Waals surface area contributed by atoms with Crippen molar-refractivity contribution < 1.29 is 9.53 Å². The number of amides is 1. The van der Waals surface area contributed by atoms with Gasteiger partial charge in [0.15, 0.2) is 0 Å². The van der Waals surface area contributed by atoms with Crippen LogP contribution >= 0.6 is 0 Å². The average Bonchev–Trinajstić information content (AvgIpc) is 2.78. The number of nitrogens with one attached hydrogen (secondary N) is 2. The highest BCUT2D eigenvalue weighted by Crippen LogP contribution is 2.21. The molecular weight excluding hydrogens is 232 g/mol. The Morgan fingerprint density at radius 1 is 1.50 bits per heavy atom. The Morgan fingerprint density at radius 3 is 2.83 bits per heavy atom. The number of rotatable bonds is 3. The van der Waals surface area contributed by atoms with Crippen molar-refractivity contribution in [2.45, 2.75) is 6.92 Å². The van der Waals surface area contributed by atoms with Gasteiger partial charge in [0.05, 0.1) is 19.0 Å². The Labute approximate surface area is 104 Å². The molecule has 0 aliphatic rings. The minimum Gasteiger partial charge on any atom is -0.497 e. The molecular formula is C12H14N4O2. The lowest BCUT2D eigenvalue weighted by atomic mass is 10.2. The number of nitrogens with two attached hydrogens (primary N) is 1. The van der Waals surface area contributed by atoms with Crippen molar-refractivity contribution in [2.24, 2.45) is 0 Å². The molecule has 6 heteroatoms. The smallest absolute Gasteiger partial charge is 0.275 e. The van der Waals surface area contributed by atoms with Crippen LogP contribution in [0.2, 0.25) is 0 Å². The van der Waals surface area contributed by atoms with Gasteiger partial charge in [0.25, 0.3) is 5.91 Å².